The highest BCUT2D eigenvalue weighted by Gasteiger charge is 2.27. The Labute approximate surface area is 178 Å². The average Bonchev–Trinajstić information content (AvgIpc) is 3.28. The Balaban J connectivity index is 1.48. The number of para-hydroxylation sites is 1. The maximum Gasteiger partial charge on any atom is 0.255 e. The van der Waals surface area contributed by atoms with Crippen LogP contribution in [0.25, 0.3) is 0 Å². The molecule has 4 rings (SSSR count). The minimum Gasteiger partial charge on any atom is -0.364 e. The van der Waals surface area contributed by atoms with Crippen LogP contribution in [0.1, 0.15) is 41.0 Å². The van der Waals surface area contributed by atoms with Crippen molar-refractivity contribution in [2.24, 2.45) is 11.8 Å². The Hall–Kier alpha value is -3.08. The smallest absolute Gasteiger partial charge is 0.255 e. The molecule has 156 valence electrons. The van der Waals surface area contributed by atoms with Gasteiger partial charge in [-0.3, -0.25) is 9.59 Å². The van der Waals surface area contributed by atoms with E-state index in [9.17, 15) is 9.59 Å². The van der Waals surface area contributed by atoms with Crippen LogP contribution in [0.2, 0.25) is 0 Å². The Kier molecular flexibility index (Phi) is 5.88. The summed E-state index contributed by atoms with van der Waals surface area (Å²) in [5, 5.41) is 2.95. The SMILES string of the molecule is CC1CC(C)CN(C(=O)c2ccccc2NC(=O)c2ccc(N3CC=CC3)cc2)C1. The number of likely N-dealkylation sites (tertiary alicyclic amines) is 1. The van der Waals surface area contributed by atoms with Gasteiger partial charge in [-0.2, -0.15) is 0 Å². The molecule has 0 bridgehead atoms. The number of benzene rings is 2. The van der Waals surface area contributed by atoms with Crippen LogP contribution in [0, 0.1) is 11.8 Å². The molecule has 2 aliphatic heterocycles. The van der Waals surface area contributed by atoms with E-state index < -0.39 is 0 Å². The predicted molar refractivity (Wildman–Crippen MR) is 121 cm³/mol. The zero-order chi connectivity index (χ0) is 21.1. The minimum atomic E-state index is -0.207. The van der Waals surface area contributed by atoms with Gasteiger partial charge in [0.2, 0.25) is 0 Å². The molecule has 2 atom stereocenters. The van der Waals surface area contributed by atoms with Crippen LogP contribution in [-0.2, 0) is 0 Å². The summed E-state index contributed by atoms with van der Waals surface area (Å²) >= 11 is 0. The van der Waals surface area contributed by atoms with Crippen molar-refractivity contribution in [1.82, 2.24) is 4.90 Å². The van der Waals surface area contributed by atoms with Gasteiger partial charge in [0.25, 0.3) is 11.8 Å². The van der Waals surface area contributed by atoms with Gasteiger partial charge in [0, 0.05) is 37.4 Å². The van der Waals surface area contributed by atoms with E-state index in [4.69, 9.17) is 0 Å². The third kappa shape index (κ3) is 4.40. The van der Waals surface area contributed by atoms with Crippen molar-refractivity contribution in [3.05, 3.63) is 71.8 Å². The molecular formula is C25H29N3O2. The van der Waals surface area contributed by atoms with Crippen LogP contribution in [0.3, 0.4) is 0 Å². The molecule has 0 spiro atoms. The number of nitrogens with zero attached hydrogens (tertiary/aromatic N) is 2. The molecule has 2 heterocycles. The van der Waals surface area contributed by atoms with Crippen LogP contribution in [-0.4, -0.2) is 42.9 Å². The third-order valence-corrected chi connectivity index (χ3v) is 5.87. The Bertz CT molecular complexity index is 933. The van der Waals surface area contributed by atoms with E-state index in [0.29, 0.717) is 28.7 Å². The van der Waals surface area contributed by atoms with Gasteiger partial charge in [-0.05, 0) is 54.7 Å². The fraction of sp³-hybridized carbons (Fsp3) is 0.360. The number of amides is 2. The largest absolute Gasteiger partial charge is 0.364 e. The first-order valence-electron chi connectivity index (χ1n) is 10.7. The van der Waals surface area contributed by atoms with Gasteiger partial charge in [0.15, 0.2) is 0 Å². The molecule has 1 fully saturated rings. The first kappa shape index (κ1) is 20.2. The van der Waals surface area contributed by atoms with Crippen LogP contribution in [0.4, 0.5) is 11.4 Å². The van der Waals surface area contributed by atoms with E-state index in [1.807, 2.05) is 41.3 Å². The molecule has 0 aromatic heterocycles. The van der Waals surface area contributed by atoms with Crippen molar-refractivity contribution in [3.63, 3.8) is 0 Å². The second-order valence-electron chi connectivity index (χ2n) is 8.58. The number of hydrogen-bond donors (Lipinski definition) is 1. The molecule has 1 saturated heterocycles. The van der Waals surface area contributed by atoms with Crippen molar-refractivity contribution >= 4 is 23.2 Å². The van der Waals surface area contributed by atoms with Gasteiger partial charge in [-0.1, -0.05) is 38.1 Å². The summed E-state index contributed by atoms with van der Waals surface area (Å²) in [7, 11) is 0. The molecule has 1 N–H and O–H groups in total. The van der Waals surface area contributed by atoms with Crippen molar-refractivity contribution in [2.45, 2.75) is 20.3 Å². The van der Waals surface area contributed by atoms with E-state index in [2.05, 4.69) is 36.2 Å². The molecule has 30 heavy (non-hydrogen) atoms. The molecule has 0 aliphatic carbocycles. The topological polar surface area (TPSA) is 52.7 Å². The lowest BCUT2D eigenvalue weighted by molar-refractivity contribution is 0.0624. The first-order valence-corrected chi connectivity index (χ1v) is 10.7. The minimum absolute atomic E-state index is 0.0128. The van der Waals surface area contributed by atoms with E-state index in [1.165, 1.54) is 0 Å². The Morgan fingerprint density at radius 3 is 2.20 bits per heavy atom. The highest BCUT2D eigenvalue weighted by atomic mass is 16.2. The van der Waals surface area contributed by atoms with Gasteiger partial charge >= 0.3 is 0 Å². The second-order valence-corrected chi connectivity index (χ2v) is 8.58. The fourth-order valence-electron chi connectivity index (χ4n) is 4.48. The van der Waals surface area contributed by atoms with Gasteiger partial charge in [-0.25, -0.2) is 0 Å². The number of anilines is 2. The second kappa shape index (κ2) is 8.74. The quantitative estimate of drug-likeness (QED) is 0.768. The number of carbonyl (C=O) groups is 2. The summed E-state index contributed by atoms with van der Waals surface area (Å²) in [6, 6.07) is 14.9. The van der Waals surface area contributed by atoms with E-state index in [0.717, 1.165) is 38.3 Å². The summed E-state index contributed by atoms with van der Waals surface area (Å²) < 4.78 is 0. The molecule has 5 heteroatoms. The number of nitrogens with one attached hydrogen (secondary N) is 1. The van der Waals surface area contributed by atoms with Crippen molar-refractivity contribution in [1.29, 1.82) is 0 Å². The molecular weight excluding hydrogens is 374 g/mol. The third-order valence-electron chi connectivity index (χ3n) is 5.87. The van der Waals surface area contributed by atoms with Crippen molar-refractivity contribution in [3.8, 4) is 0 Å². The highest BCUT2D eigenvalue weighted by molar-refractivity contribution is 6.09. The Morgan fingerprint density at radius 1 is 0.900 bits per heavy atom. The van der Waals surface area contributed by atoms with Gasteiger partial charge in [0.05, 0.1) is 11.3 Å². The van der Waals surface area contributed by atoms with Crippen molar-refractivity contribution < 1.29 is 9.59 Å². The number of carbonyl (C=O) groups excluding carboxylic acids is 2. The lowest BCUT2D eigenvalue weighted by Crippen LogP contribution is -2.42. The molecule has 2 amide bonds. The molecule has 5 nitrogen and oxygen atoms in total. The van der Waals surface area contributed by atoms with Gasteiger partial charge < -0.3 is 15.1 Å². The first-order chi connectivity index (χ1) is 14.5. The number of hydrogen-bond acceptors (Lipinski definition) is 3. The number of rotatable bonds is 4. The van der Waals surface area contributed by atoms with Gasteiger partial charge in [-0.15, -0.1) is 0 Å². The summed E-state index contributed by atoms with van der Waals surface area (Å²) in [5.41, 5.74) is 2.78. The van der Waals surface area contributed by atoms with E-state index >= 15 is 0 Å². The molecule has 2 unspecified atom stereocenters. The lowest BCUT2D eigenvalue weighted by Gasteiger charge is -2.35. The van der Waals surface area contributed by atoms with Crippen LogP contribution < -0.4 is 10.2 Å². The van der Waals surface area contributed by atoms with E-state index in [1.54, 1.807) is 12.1 Å². The maximum absolute atomic E-state index is 13.2. The summed E-state index contributed by atoms with van der Waals surface area (Å²) in [6.45, 7) is 7.69. The Morgan fingerprint density at radius 2 is 1.53 bits per heavy atom. The fourth-order valence-corrected chi connectivity index (χ4v) is 4.48. The summed E-state index contributed by atoms with van der Waals surface area (Å²) in [4.78, 5) is 30.2. The molecule has 2 aromatic carbocycles. The zero-order valence-corrected chi connectivity index (χ0v) is 17.7. The average molecular weight is 404 g/mol. The van der Waals surface area contributed by atoms with Crippen LogP contribution >= 0.6 is 0 Å². The predicted octanol–water partition coefficient (Wildman–Crippen LogP) is 4.43. The standard InChI is InChI=1S/C25H29N3O2/c1-18-15-19(2)17-28(16-18)25(30)22-7-3-4-8-23(22)26-24(29)20-9-11-21(12-10-20)27-13-5-6-14-27/h3-12,18-19H,13-17H2,1-2H3,(H,26,29). The highest BCUT2D eigenvalue weighted by Crippen LogP contribution is 2.25. The van der Waals surface area contributed by atoms with Gasteiger partial charge in [0.1, 0.15) is 0 Å². The van der Waals surface area contributed by atoms with Crippen LogP contribution in [0.15, 0.2) is 60.7 Å². The summed E-state index contributed by atoms with van der Waals surface area (Å²) in [5.74, 6) is 0.760. The summed E-state index contributed by atoms with van der Waals surface area (Å²) in [6.07, 6.45) is 5.42. The normalized spacial score (nSPS) is 21.0. The zero-order valence-electron chi connectivity index (χ0n) is 17.7. The van der Waals surface area contributed by atoms with Crippen molar-refractivity contribution in [2.75, 3.05) is 36.4 Å². The van der Waals surface area contributed by atoms with Crippen LogP contribution in [0.5, 0.6) is 0 Å². The maximum atomic E-state index is 13.2. The number of piperidine rings is 1. The molecule has 2 aliphatic rings. The monoisotopic (exact) mass is 403 g/mol. The lowest BCUT2D eigenvalue weighted by atomic mass is 9.91. The molecule has 2 aromatic rings. The van der Waals surface area contributed by atoms with E-state index in [-0.39, 0.29) is 11.8 Å². The molecule has 0 saturated carbocycles. The molecule has 0 radical (unpaired) electrons.